The average Bonchev–Trinajstić information content (AvgIpc) is 1.61. The van der Waals surface area contributed by atoms with Gasteiger partial charge in [0.05, 0.1) is 176 Å². The standard InChI is InChI=1S/C20H15ClF4N4O.C20H20ClF3N6O2.C20H16ClF3N4O.C19H15Cl2FN4O.C19H16Cl2N4O/c1-11-9-28(19(30)14-3-2-4-15(17(14)21)20(23,24)25)10-16-18(11)29(27-26-16)13-7-5-12(22)6-8-13;1-12-18-15(30(27-25-18)16-7-8-28(26-16)10-11-32-2)6-9-29(12)19(31)13-4-3-5-14(17(13)21)20(22,23)24;1-12-10-27(19(29)14-8-5-9-15(17(14)21)20(22,23)24)11-16-18(12)28(26-25-16)13-6-3-2-4-7-13;1-11-9-25(19(27)14-3-2-4-15(20)17(14)21)10-16-18(11)26(24-23-16)13-7-5-12(22)6-8-13;1-12-10-24(19(26)14-8-5-9-15(20)17(14)21)11-16-18(12)25(23-22-16)13-6-3-2-4-7-13/h2-8,11H,9-10H2,1H3;3-5,7-8,12H,6,9-11H2,1-2H3;2-9,12H,10-11H2,1H3;2-8,11H,9-10H2,1H3;2-9,12H,10-11H2,1H3/t;12-;;;/m.1.../s1. The van der Waals surface area contributed by atoms with Crippen molar-refractivity contribution in [1.82, 2.24) is 109 Å². The Bertz CT molecular complexity index is 7290. The lowest BCUT2D eigenvalue weighted by atomic mass is 9.98. The number of para-hydroxylation sites is 2. The molecule has 9 aromatic carbocycles. The van der Waals surface area contributed by atoms with Gasteiger partial charge < -0.3 is 29.2 Å². The number of ether oxygens (including phenoxy) is 1. The lowest BCUT2D eigenvalue weighted by molar-refractivity contribution is -0.138. The fraction of sp³-hybridized carbons (Fsp3) is 0.265. The van der Waals surface area contributed by atoms with Gasteiger partial charge in [-0.15, -0.1) is 25.5 Å². The number of carbonyl (C=O) groups is 5. The van der Waals surface area contributed by atoms with Gasteiger partial charge in [0.25, 0.3) is 29.5 Å². The van der Waals surface area contributed by atoms with E-state index >= 15 is 0 Å². The zero-order valence-corrected chi connectivity index (χ0v) is 82.0. The Kier molecular flexibility index (Phi) is 31.0. The summed E-state index contributed by atoms with van der Waals surface area (Å²) in [5, 5.41) is 46.0. The molecule has 28 nitrogen and oxygen atoms in total. The van der Waals surface area contributed by atoms with Crippen LogP contribution in [0.25, 0.3) is 28.6 Å². The van der Waals surface area contributed by atoms with Crippen molar-refractivity contribution in [3.8, 4) is 28.6 Å². The van der Waals surface area contributed by atoms with E-state index in [1.54, 1.807) is 120 Å². The first-order valence-corrected chi connectivity index (χ1v) is 47.1. The second-order valence-corrected chi connectivity index (χ2v) is 36.9. The zero-order valence-electron chi connectivity index (χ0n) is 76.7. The summed E-state index contributed by atoms with van der Waals surface area (Å²) in [6.45, 7) is 13.5. The highest BCUT2D eigenvalue weighted by atomic mass is 35.5. The van der Waals surface area contributed by atoms with E-state index in [0.29, 0.717) is 108 Å². The summed E-state index contributed by atoms with van der Waals surface area (Å²) < 4.78 is 160. The molecule has 46 heteroatoms. The Labute approximate surface area is 849 Å². The minimum atomic E-state index is -4.66. The van der Waals surface area contributed by atoms with Gasteiger partial charge in [-0.05, 0) is 140 Å². The summed E-state index contributed by atoms with van der Waals surface area (Å²) in [7, 11) is 1.61. The molecular weight excluding hydrogens is 2040 g/mol. The molecule has 0 saturated heterocycles. The van der Waals surface area contributed by atoms with Crippen LogP contribution >= 0.6 is 81.2 Å². The van der Waals surface area contributed by atoms with E-state index in [9.17, 15) is 72.3 Å². The van der Waals surface area contributed by atoms with Crippen LogP contribution < -0.4 is 0 Å². The normalized spacial score (nSPS) is 16.4. The smallest absolute Gasteiger partial charge is 0.383 e. The molecule has 0 fully saturated rings. The minimum Gasteiger partial charge on any atom is -0.383 e. The van der Waals surface area contributed by atoms with Gasteiger partial charge in [-0.1, -0.05) is 202 Å². The van der Waals surface area contributed by atoms with E-state index in [0.717, 1.165) is 75.5 Å². The van der Waals surface area contributed by atoms with Crippen molar-refractivity contribution in [3.63, 3.8) is 0 Å². The van der Waals surface area contributed by atoms with Crippen molar-refractivity contribution in [2.75, 3.05) is 46.4 Å². The number of nitrogens with zero attached hydrogens (tertiary/aromatic N) is 22. The number of methoxy groups -OCH3 is 1. The molecule has 0 spiro atoms. The Morgan fingerprint density at radius 2 is 0.667 bits per heavy atom. The number of aromatic nitrogens is 17. The van der Waals surface area contributed by atoms with E-state index < -0.39 is 74.1 Å². The molecule has 5 atom stereocenters. The molecule has 746 valence electrons. The Morgan fingerprint density at radius 1 is 0.361 bits per heavy atom. The third-order valence-electron chi connectivity index (χ3n) is 24.5. The SMILES string of the molecule is CC1CN(C(=O)c2cccc(C(F)(F)F)c2Cl)Cc2nnn(-c3ccc(F)cc3)c21.CC1CN(C(=O)c2cccc(C(F)(F)F)c2Cl)Cc2nnn(-c3ccccc3)c21.CC1CN(C(=O)c2cccc(Cl)c2Cl)Cc2nnn(-c3ccc(F)cc3)c21.CC1CN(C(=O)c2cccc(Cl)c2Cl)Cc2nnn(-c3ccccc3)c21.COCCn1ccc(-n2nnc3c2CCN(C(=O)c2cccc(C(F)(F)F)c2Cl)[C@@H]3C)n1. The molecule has 0 N–H and O–H groups in total. The predicted octanol–water partition coefficient (Wildman–Crippen LogP) is 21.9. The topological polar surface area (TPSA) is 282 Å². The molecule has 6 aromatic heterocycles. The van der Waals surface area contributed by atoms with Crippen LogP contribution in [0.15, 0.2) is 212 Å². The maximum absolute atomic E-state index is 13.2. The first kappa shape index (κ1) is 103. The quantitative estimate of drug-likeness (QED) is 0.0969. The molecule has 0 bridgehead atoms. The van der Waals surface area contributed by atoms with Crippen LogP contribution in [0.5, 0.6) is 0 Å². The maximum atomic E-state index is 13.2. The Hall–Kier alpha value is -13.5. The highest BCUT2D eigenvalue weighted by molar-refractivity contribution is 6.44. The van der Waals surface area contributed by atoms with Gasteiger partial charge in [0.2, 0.25) is 0 Å². The number of fused-ring (bicyclic) bond motifs is 5. The van der Waals surface area contributed by atoms with Crippen LogP contribution in [0.4, 0.5) is 48.3 Å². The Balaban J connectivity index is 0.000000129. The highest BCUT2D eigenvalue weighted by Gasteiger charge is 2.44. The molecule has 5 amide bonds. The predicted molar refractivity (Wildman–Crippen MR) is 512 cm³/mol. The first-order chi connectivity index (χ1) is 68.7. The van der Waals surface area contributed by atoms with Gasteiger partial charge in [-0.3, -0.25) is 28.7 Å². The van der Waals surface area contributed by atoms with E-state index in [2.05, 4.69) is 63.6 Å². The van der Waals surface area contributed by atoms with Crippen molar-refractivity contribution >= 4 is 111 Å². The summed E-state index contributed by atoms with van der Waals surface area (Å²) in [5.74, 6) is -2.43. The van der Waals surface area contributed by atoms with Gasteiger partial charge in [-0.2, -0.15) is 49.3 Å². The number of halogens is 18. The largest absolute Gasteiger partial charge is 0.417 e. The molecule has 15 aromatic rings. The molecule has 20 rings (SSSR count). The lowest BCUT2D eigenvalue weighted by Gasteiger charge is -2.33. The van der Waals surface area contributed by atoms with Gasteiger partial charge >= 0.3 is 18.5 Å². The maximum Gasteiger partial charge on any atom is 0.417 e. The summed E-state index contributed by atoms with van der Waals surface area (Å²) in [6, 6.07) is 52.5. The molecule has 0 saturated carbocycles. The van der Waals surface area contributed by atoms with Gasteiger partial charge in [0.15, 0.2) is 5.82 Å². The van der Waals surface area contributed by atoms with Crippen LogP contribution in [-0.4, -0.2) is 185 Å². The van der Waals surface area contributed by atoms with Crippen molar-refractivity contribution in [2.45, 2.75) is 122 Å². The summed E-state index contributed by atoms with van der Waals surface area (Å²) >= 11 is 42.3. The number of hydrogen-bond acceptors (Lipinski definition) is 17. The number of hydrogen-bond donors (Lipinski definition) is 0. The van der Waals surface area contributed by atoms with Crippen molar-refractivity contribution < 1.29 is 77.0 Å². The third kappa shape index (κ3) is 21.8. The van der Waals surface area contributed by atoms with E-state index in [1.807, 2.05) is 86.1 Å². The third-order valence-corrected chi connectivity index (χ3v) is 27.3. The number of carbonyl (C=O) groups excluding carboxylic acids is 5. The fourth-order valence-electron chi connectivity index (χ4n) is 17.6. The van der Waals surface area contributed by atoms with Gasteiger partial charge in [0, 0.05) is 82.2 Å². The molecule has 144 heavy (non-hydrogen) atoms. The minimum absolute atomic E-state index is 0.00397. The molecule has 5 aliphatic rings. The van der Waals surface area contributed by atoms with Crippen LogP contribution in [-0.2, 0) is 62.4 Å². The highest BCUT2D eigenvalue weighted by Crippen LogP contribution is 2.44. The number of benzene rings is 9. The van der Waals surface area contributed by atoms with Crippen LogP contribution in [0, 0.1) is 11.6 Å². The molecule has 0 radical (unpaired) electrons. The summed E-state index contributed by atoms with van der Waals surface area (Å²) in [4.78, 5) is 72.6. The van der Waals surface area contributed by atoms with Crippen molar-refractivity contribution in [2.24, 2.45) is 0 Å². The van der Waals surface area contributed by atoms with E-state index in [-0.39, 0.29) is 100 Å². The fourth-order valence-corrected chi connectivity index (χ4v) is 19.3. The molecule has 4 unspecified atom stereocenters. The molecular formula is C98H82Cl7F11N22O6. The second-order valence-electron chi connectivity index (χ2n) is 34.2. The number of alkyl halides is 9. The lowest BCUT2D eigenvalue weighted by Crippen LogP contribution is -2.39. The van der Waals surface area contributed by atoms with Gasteiger partial charge in [-0.25, -0.2) is 27.5 Å². The van der Waals surface area contributed by atoms with E-state index in [1.165, 1.54) is 69.3 Å². The molecule has 5 aliphatic heterocycles. The Morgan fingerprint density at radius 3 is 0.993 bits per heavy atom. The summed E-state index contributed by atoms with van der Waals surface area (Å²) in [5.41, 5.74) is 7.88. The van der Waals surface area contributed by atoms with Crippen LogP contribution in [0.1, 0.15) is 190 Å². The average molecular weight is 2120 g/mol. The first-order valence-electron chi connectivity index (χ1n) is 44.5. The molecule has 0 aliphatic carbocycles. The van der Waals surface area contributed by atoms with Crippen LogP contribution in [0.3, 0.4) is 0 Å². The van der Waals surface area contributed by atoms with Crippen LogP contribution in [0.2, 0.25) is 35.2 Å². The number of amides is 5. The van der Waals surface area contributed by atoms with Crippen molar-refractivity contribution in [1.29, 1.82) is 0 Å². The number of rotatable bonds is 13. The van der Waals surface area contributed by atoms with E-state index in [4.69, 9.17) is 85.9 Å². The van der Waals surface area contributed by atoms with Gasteiger partial charge in [0.1, 0.15) is 40.1 Å². The summed E-state index contributed by atoms with van der Waals surface area (Å²) in [6.07, 6.45) is -11.7. The van der Waals surface area contributed by atoms with Crippen molar-refractivity contribution in [3.05, 3.63) is 361 Å². The second kappa shape index (κ2) is 43.2. The molecule has 11 heterocycles. The zero-order chi connectivity index (χ0) is 103. The monoisotopic (exact) mass is 2120 g/mol.